The molecule has 9 heteroatoms. The number of carbonyl (C=O) groups is 2. The van der Waals surface area contributed by atoms with E-state index < -0.39 is 21.8 Å². The van der Waals surface area contributed by atoms with Crippen molar-refractivity contribution in [3.8, 4) is 0 Å². The van der Waals surface area contributed by atoms with Crippen LogP contribution in [0.3, 0.4) is 0 Å². The Morgan fingerprint density at radius 3 is 2.34 bits per heavy atom. The summed E-state index contributed by atoms with van der Waals surface area (Å²) in [6.45, 7) is 4.91. The lowest BCUT2D eigenvalue weighted by Gasteiger charge is -2.34. The van der Waals surface area contributed by atoms with Crippen LogP contribution in [0.5, 0.6) is 0 Å². The highest BCUT2D eigenvalue weighted by molar-refractivity contribution is 7.89. The molecule has 8 nitrogen and oxygen atoms in total. The molecule has 0 spiro atoms. The van der Waals surface area contributed by atoms with Gasteiger partial charge in [0.1, 0.15) is 0 Å². The van der Waals surface area contributed by atoms with Crippen LogP contribution in [0.2, 0.25) is 0 Å². The molecule has 3 rings (SSSR count). The van der Waals surface area contributed by atoms with Crippen LogP contribution in [0, 0.1) is 11.8 Å². The molecule has 2 aromatic rings. The van der Waals surface area contributed by atoms with Gasteiger partial charge in [-0.1, -0.05) is 13.8 Å². The van der Waals surface area contributed by atoms with E-state index in [1.54, 1.807) is 6.07 Å². The van der Waals surface area contributed by atoms with Crippen LogP contribution in [0.1, 0.15) is 30.8 Å². The van der Waals surface area contributed by atoms with E-state index in [4.69, 9.17) is 4.42 Å². The minimum Gasteiger partial charge on any atom is -0.459 e. The normalized spacial score (nSPS) is 20.2. The van der Waals surface area contributed by atoms with E-state index >= 15 is 0 Å². The molecule has 2 atom stereocenters. The zero-order valence-corrected chi connectivity index (χ0v) is 17.2. The van der Waals surface area contributed by atoms with Crippen molar-refractivity contribution in [2.45, 2.75) is 25.2 Å². The number of hydrogen-bond donors (Lipinski definition) is 2. The second kappa shape index (κ2) is 8.79. The molecule has 0 bridgehead atoms. The number of nitrogens with zero attached hydrogens (tertiary/aromatic N) is 1. The Kier molecular flexibility index (Phi) is 6.39. The predicted molar refractivity (Wildman–Crippen MR) is 108 cm³/mol. The summed E-state index contributed by atoms with van der Waals surface area (Å²) in [5, 5.41) is 5.07. The lowest BCUT2D eigenvalue weighted by molar-refractivity contribution is -0.115. The number of nitrogens with one attached hydrogen (secondary N) is 2. The van der Waals surface area contributed by atoms with E-state index in [9.17, 15) is 18.0 Å². The minimum absolute atomic E-state index is 0.119. The number of benzene rings is 1. The van der Waals surface area contributed by atoms with Crippen molar-refractivity contribution in [2.75, 3.05) is 25.0 Å². The summed E-state index contributed by atoms with van der Waals surface area (Å²) >= 11 is 0. The predicted octanol–water partition coefficient (Wildman–Crippen LogP) is 2.31. The third-order valence-corrected chi connectivity index (χ3v) is 6.61. The summed E-state index contributed by atoms with van der Waals surface area (Å²) in [5.41, 5.74) is 0.446. The number of anilines is 1. The van der Waals surface area contributed by atoms with Gasteiger partial charge in [0.05, 0.1) is 17.7 Å². The van der Waals surface area contributed by atoms with Crippen LogP contribution < -0.4 is 10.6 Å². The summed E-state index contributed by atoms with van der Waals surface area (Å²) in [4.78, 5) is 24.0. The molecule has 0 radical (unpaired) electrons. The van der Waals surface area contributed by atoms with Crippen molar-refractivity contribution in [1.29, 1.82) is 0 Å². The molecule has 1 aliphatic rings. The Morgan fingerprint density at radius 2 is 1.76 bits per heavy atom. The monoisotopic (exact) mass is 419 g/mol. The molecule has 1 aromatic heterocycles. The second-order valence-electron chi connectivity index (χ2n) is 7.50. The Bertz CT molecular complexity index is 945. The van der Waals surface area contributed by atoms with E-state index in [0.29, 0.717) is 30.6 Å². The van der Waals surface area contributed by atoms with Crippen LogP contribution in [0.4, 0.5) is 5.69 Å². The number of sulfonamides is 1. The van der Waals surface area contributed by atoms with Crippen molar-refractivity contribution in [2.24, 2.45) is 11.8 Å². The van der Waals surface area contributed by atoms with Gasteiger partial charge in [-0.25, -0.2) is 8.42 Å². The summed E-state index contributed by atoms with van der Waals surface area (Å²) < 4.78 is 32.2. The fourth-order valence-electron chi connectivity index (χ4n) is 3.52. The highest BCUT2D eigenvalue weighted by Crippen LogP contribution is 2.27. The van der Waals surface area contributed by atoms with Crippen molar-refractivity contribution in [3.63, 3.8) is 0 Å². The average Bonchev–Trinajstić information content (AvgIpc) is 3.21. The van der Waals surface area contributed by atoms with Crippen molar-refractivity contribution < 1.29 is 22.4 Å². The van der Waals surface area contributed by atoms with Crippen LogP contribution in [-0.4, -0.2) is 44.2 Å². The number of carbonyl (C=O) groups excluding carboxylic acids is 2. The molecular formula is C20H25N3O5S. The van der Waals surface area contributed by atoms with Gasteiger partial charge < -0.3 is 15.1 Å². The van der Waals surface area contributed by atoms with Crippen LogP contribution >= 0.6 is 0 Å². The standard InChI is InChI=1S/C20H25N3O5S/c1-14-10-15(2)13-23(12-14)29(26,27)17-7-5-16(6-8-17)22-19(24)11-21-20(25)18-4-3-9-28-18/h3-9,14-15H,10-13H2,1-2H3,(H,21,25)(H,22,24)/t14-,15-/m1/s1. The Balaban J connectivity index is 1.58. The fourth-order valence-corrected chi connectivity index (χ4v) is 5.20. The van der Waals surface area contributed by atoms with E-state index in [-0.39, 0.29) is 17.2 Å². The number of piperidine rings is 1. The Hall–Kier alpha value is -2.65. The first-order valence-electron chi connectivity index (χ1n) is 9.47. The second-order valence-corrected chi connectivity index (χ2v) is 9.44. The maximum atomic E-state index is 12.9. The van der Waals surface area contributed by atoms with Crippen LogP contribution in [0.15, 0.2) is 52.0 Å². The zero-order valence-electron chi connectivity index (χ0n) is 16.4. The van der Waals surface area contributed by atoms with Gasteiger partial charge in [0.2, 0.25) is 15.9 Å². The Labute approximate surface area is 170 Å². The third-order valence-electron chi connectivity index (χ3n) is 4.77. The minimum atomic E-state index is -3.57. The first-order valence-corrected chi connectivity index (χ1v) is 10.9. The van der Waals surface area contributed by atoms with Gasteiger partial charge in [0.15, 0.2) is 5.76 Å². The third kappa shape index (κ3) is 5.24. The lowest BCUT2D eigenvalue weighted by Crippen LogP contribution is -2.42. The van der Waals surface area contributed by atoms with E-state index in [2.05, 4.69) is 24.5 Å². The molecule has 2 N–H and O–H groups in total. The molecular weight excluding hydrogens is 394 g/mol. The molecule has 2 heterocycles. The maximum Gasteiger partial charge on any atom is 0.287 e. The molecule has 1 aromatic carbocycles. The topological polar surface area (TPSA) is 109 Å². The van der Waals surface area contributed by atoms with Gasteiger partial charge >= 0.3 is 0 Å². The quantitative estimate of drug-likeness (QED) is 0.747. The first-order chi connectivity index (χ1) is 13.8. The molecule has 0 unspecified atom stereocenters. The number of furan rings is 1. The molecule has 29 heavy (non-hydrogen) atoms. The number of rotatable bonds is 6. The highest BCUT2D eigenvalue weighted by Gasteiger charge is 2.31. The van der Waals surface area contributed by atoms with Gasteiger partial charge in [-0.15, -0.1) is 0 Å². The molecule has 2 amide bonds. The number of amides is 2. The summed E-state index contributed by atoms with van der Waals surface area (Å²) in [5.74, 6) is -0.156. The van der Waals surface area contributed by atoms with Crippen molar-refractivity contribution in [3.05, 3.63) is 48.4 Å². The average molecular weight is 420 g/mol. The van der Waals surface area contributed by atoms with Crippen molar-refractivity contribution >= 4 is 27.5 Å². The molecule has 0 saturated carbocycles. The molecule has 1 fully saturated rings. The fraction of sp³-hybridized carbons (Fsp3) is 0.400. The highest BCUT2D eigenvalue weighted by atomic mass is 32.2. The summed E-state index contributed by atoms with van der Waals surface area (Å²) in [6, 6.07) is 9.12. The van der Waals surface area contributed by atoms with Crippen LogP contribution in [0.25, 0.3) is 0 Å². The summed E-state index contributed by atoms with van der Waals surface area (Å²) in [7, 11) is -3.57. The van der Waals surface area contributed by atoms with E-state index in [1.807, 2.05) is 0 Å². The lowest BCUT2D eigenvalue weighted by atomic mass is 9.94. The van der Waals surface area contributed by atoms with Crippen LogP contribution in [-0.2, 0) is 14.8 Å². The molecule has 0 aliphatic carbocycles. The van der Waals surface area contributed by atoms with Gasteiger partial charge in [-0.2, -0.15) is 4.31 Å². The largest absolute Gasteiger partial charge is 0.459 e. The molecule has 1 saturated heterocycles. The van der Waals surface area contributed by atoms with Crippen molar-refractivity contribution in [1.82, 2.24) is 9.62 Å². The smallest absolute Gasteiger partial charge is 0.287 e. The Morgan fingerprint density at radius 1 is 1.10 bits per heavy atom. The summed E-state index contributed by atoms with van der Waals surface area (Å²) in [6.07, 6.45) is 2.39. The number of hydrogen-bond acceptors (Lipinski definition) is 5. The van der Waals surface area contributed by atoms with Gasteiger partial charge in [-0.3, -0.25) is 9.59 Å². The van der Waals surface area contributed by atoms with Gasteiger partial charge in [0, 0.05) is 18.8 Å². The zero-order chi connectivity index (χ0) is 21.0. The maximum absolute atomic E-state index is 12.9. The SMILES string of the molecule is C[C@@H]1C[C@@H](C)CN(S(=O)(=O)c2ccc(NC(=O)CNC(=O)c3ccco3)cc2)C1. The molecule has 1 aliphatic heterocycles. The van der Waals surface area contributed by atoms with Gasteiger partial charge in [0.25, 0.3) is 5.91 Å². The molecule has 156 valence electrons. The van der Waals surface area contributed by atoms with E-state index in [0.717, 1.165) is 6.42 Å². The van der Waals surface area contributed by atoms with E-state index in [1.165, 1.54) is 40.9 Å². The first kappa shape index (κ1) is 21.1. The van der Waals surface area contributed by atoms with Gasteiger partial charge in [-0.05, 0) is 54.7 Å².